The molecule has 4 saturated carbocycles. The molecule has 1 unspecified atom stereocenters. The van der Waals surface area contributed by atoms with E-state index in [0.29, 0.717) is 24.8 Å². The molecule has 28 atom stereocenters. The number of hydrogen-bond acceptors (Lipinski definition) is 19. The Hall–Kier alpha value is -1.02. The summed E-state index contributed by atoms with van der Waals surface area (Å²) in [5, 5.41) is 117. The Balaban J connectivity index is 0.966. The van der Waals surface area contributed by atoms with Crippen molar-refractivity contribution in [3.05, 3.63) is 12.2 Å². The predicted molar refractivity (Wildman–Crippen MR) is 224 cm³/mol. The minimum Gasteiger partial charge on any atom is -0.394 e. The minimum atomic E-state index is -1.69. The van der Waals surface area contributed by atoms with Crippen molar-refractivity contribution in [2.24, 2.45) is 46.3 Å². The van der Waals surface area contributed by atoms with Crippen LogP contribution in [0.15, 0.2) is 12.2 Å². The molecule has 4 saturated heterocycles. The zero-order chi connectivity index (χ0) is 47.2. The van der Waals surface area contributed by atoms with E-state index in [1.807, 2.05) is 0 Å². The zero-order valence-electron chi connectivity index (χ0n) is 38.4. The van der Waals surface area contributed by atoms with Gasteiger partial charge in [0, 0.05) is 31.3 Å². The second kappa shape index (κ2) is 19.0. The summed E-state index contributed by atoms with van der Waals surface area (Å²) in [7, 11) is 1.66. The van der Waals surface area contributed by atoms with E-state index >= 15 is 0 Å². The molecule has 0 spiro atoms. The number of hydrogen-bond donors (Lipinski definition) is 11. The lowest BCUT2D eigenvalue weighted by molar-refractivity contribution is -0.377. The summed E-state index contributed by atoms with van der Waals surface area (Å²) in [5.41, 5.74) is -0.102. The van der Waals surface area contributed by atoms with Crippen molar-refractivity contribution in [3.8, 4) is 0 Å². The lowest BCUT2D eigenvalue weighted by Gasteiger charge is -2.64. The van der Waals surface area contributed by atoms with Crippen LogP contribution in [-0.2, 0) is 37.9 Å². The van der Waals surface area contributed by atoms with Gasteiger partial charge in [0.15, 0.2) is 24.7 Å². The van der Waals surface area contributed by atoms with E-state index in [4.69, 9.17) is 37.9 Å². The van der Waals surface area contributed by atoms with Crippen molar-refractivity contribution in [2.75, 3.05) is 20.3 Å². The van der Waals surface area contributed by atoms with Crippen molar-refractivity contribution < 1.29 is 94.1 Å². The Morgan fingerprint density at radius 3 is 2.00 bits per heavy atom. The van der Waals surface area contributed by atoms with Gasteiger partial charge >= 0.3 is 0 Å². The Labute approximate surface area is 380 Å². The highest BCUT2D eigenvalue weighted by molar-refractivity contribution is 5.18. The first-order valence-corrected chi connectivity index (χ1v) is 23.8. The van der Waals surface area contributed by atoms with Crippen molar-refractivity contribution in [1.29, 1.82) is 0 Å². The Morgan fingerprint density at radius 1 is 0.677 bits per heavy atom. The molecule has 19 nitrogen and oxygen atoms in total. The molecule has 4 aliphatic carbocycles. The first-order valence-electron chi connectivity index (χ1n) is 23.8. The molecule has 0 aromatic heterocycles. The number of aliphatic hydroxyl groups excluding tert-OH is 11. The molecule has 65 heavy (non-hydrogen) atoms. The topological polar surface area (TPSA) is 296 Å². The minimum absolute atomic E-state index is 0.000973. The Bertz CT molecular complexity index is 1660. The van der Waals surface area contributed by atoms with E-state index in [-0.39, 0.29) is 60.1 Å². The van der Waals surface area contributed by atoms with E-state index in [2.05, 4.69) is 27.4 Å². The van der Waals surface area contributed by atoms with E-state index in [1.165, 1.54) is 6.92 Å². The second-order valence-electron chi connectivity index (χ2n) is 21.3. The van der Waals surface area contributed by atoms with E-state index in [1.54, 1.807) is 14.0 Å². The summed E-state index contributed by atoms with van der Waals surface area (Å²) in [4.78, 5) is 0. The first-order chi connectivity index (χ1) is 30.6. The van der Waals surface area contributed by atoms with Gasteiger partial charge in [-0.05, 0) is 87.4 Å². The smallest absolute Gasteiger partial charge is 0.187 e. The van der Waals surface area contributed by atoms with Gasteiger partial charge in [-0.15, -0.1) is 0 Å². The summed E-state index contributed by atoms with van der Waals surface area (Å²) in [6.07, 6.45) is -18.4. The molecular weight excluding hydrogens is 856 g/mol. The molecule has 19 heteroatoms. The van der Waals surface area contributed by atoms with Crippen LogP contribution in [0.5, 0.6) is 0 Å². The summed E-state index contributed by atoms with van der Waals surface area (Å²) < 4.78 is 49.4. The van der Waals surface area contributed by atoms with Crippen LogP contribution in [0.2, 0.25) is 0 Å². The van der Waals surface area contributed by atoms with Gasteiger partial charge in [0.25, 0.3) is 0 Å². The maximum absolute atomic E-state index is 11.7. The molecule has 8 aliphatic rings. The molecule has 374 valence electrons. The van der Waals surface area contributed by atoms with E-state index < -0.39 is 128 Å². The fourth-order valence-corrected chi connectivity index (χ4v) is 14.3. The highest BCUT2D eigenvalue weighted by atomic mass is 16.8. The van der Waals surface area contributed by atoms with Gasteiger partial charge in [0.05, 0.1) is 49.8 Å². The first kappa shape index (κ1) is 50.4. The Kier molecular flexibility index (Phi) is 14.7. The van der Waals surface area contributed by atoms with Gasteiger partial charge < -0.3 is 94.1 Å². The van der Waals surface area contributed by atoms with Crippen LogP contribution in [-0.4, -0.2) is 199 Å². The molecule has 4 aliphatic heterocycles. The van der Waals surface area contributed by atoms with Gasteiger partial charge in [-0.2, -0.15) is 0 Å². The van der Waals surface area contributed by atoms with Crippen molar-refractivity contribution in [1.82, 2.24) is 0 Å². The molecule has 0 amide bonds. The molecule has 0 bridgehead atoms. The van der Waals surface area contributed by atoms with Gasteiger partial charge in [0.1, 0.15) is 61.0 Å². The van der Waals surface area contributed by atoms with Crippen molar-refractivity contribution in [2.45, 2.75) is 208 Å². The largest absolute Gasteiger partial charge is 0.394 e. The molecule has 0 radical (unpaired) electrons. The van der Waals surface area contributed by atoms with Crippen LogP contribution in [0.25, 0.3) is 0 Å². The third-order valence-corrected chi connectivity index (χ3v) is 18.1. The molecule has 0 aromatic rings. The summed E-state index contributed by atoms with van der Waals surface area (Å²) >= 11 is 0. The highest BCUT2D eigenvalue weighted by Gasteiger charge is 2.70. The second-order valence-corrected chi connectivity index (χ2v) is 21.3. The molecular formula is C46H76O19. The monoisotopic (exact) mass is 932 g/mol. The van der Waals surface area contributed by atoms with Gasteiger partial charge in [-0.3, -0.25) is 0 Å². The molecule has 8 rings (SSSR count). The normalized spacial score (nSPS) is 56.7. The van der Waals surface area contributed by atoms with Crippen molar-refractivity contribution in [3.63, 3.8) is 0 Å². The number of fused-ring (bicyclic) bond motifs is 7. The third kappa shape index (κ3) is 8.40. The summed E-state index contributed by atoms with van der Waals surface area (Å²) in [5.74, 6) is -0.490. The average Bonchev–Trinajstić information content (AvgIpc) is 3.74. The molecule has 8 fully saturated rings. The maximum atomic E-state index is 11.7. The lowest BCUT2D eigenvalue weighted by Crippen LogP contribution is -2.67. The lowest BCUT2D eigenvalue weighted by atomic mass is 9.43. The molecule has 4 heterocycles. The van der Waals surface area contributed by atoms with E-state index in [9.17, 15) is 56.2 Å². The molecule has 11 N–H and O–H groups in total. The summed E-state index contributed by atoms with van der Waals surface area (Å²) in [6.45, 7) is 13.4. The van der Waals surface area contributed by atoms with E-state index in [0.717, 1.165) is 25.7 Å². The quantitative estimate of drug-likeness (QED) is 0.102. The Morgan fingerprint density at radius 2 is 1.32 bits per heavy atom. The fraction of sp³-hybridized carbons (Fsp3) is 0.957. The SMILES string of the molecule is C=C(CCC1(OC)O[C@H]2C[C@H]3[C@@H]4CC[C@H]5[C@H](O)[C@@H](O)C[C@@H](O[C@@H]6O[C@H](C)[C@H](O)[C@H](O)[C@H]6O[C@@H]6O[C@@H](C)[C@H](O)[C@@H](O)[C@H]6O)[C@]5(C)[C@H]4CC[C@]3(C)[C@H]2[C@@H]1C)CO[C@@H]1O[C@H](CO)[C@@H](O)[C@H](O)[C@H]1O. The van der Waals surface area contributed by atoms with Gasteiger partial charge in [-0.1, -0.05) is 32.9 Å². The highest BCUT2D eigenvalue weighted by Crippen LogP contribution is 2.71. The van der Waals surface area contributed by atoms with Gasteiger partial charge in [0.2, 0.25) is 0 Å². The van der Waals surface area contributed by atoms with Crippen LogP contribution in [0, 0.1) is 46.3 Å². The zero-order valence-corrected chi connectivity index (χ0v) is 38.4. The summed E-state index contributed by atoms with van der Waals surface area (Å²) in [6, 6.07) is 0. The van der Waals surface area contributed by atoms with Gasteiger partial charge in [-0.25, -0.2) is 0 Å². The number of rotatable bonds is 12. The van der Waals surface area contributed by atoms with Crippen LogP contribution in [0.1, 0.15) is 86.0 Å². The van der Waals surface area contributed by atoms with Crippen LogP contribution in [0.3, 0.4) is 0 Å². The standard InChI is InChI=1S/C46H76O19/c1-18(17-59-41-38(56)36(54)34(52)28(16-47)62-41)10-13-46(58-7)19(2)30-27(65-46)14-25-22-8-9-24-33(51)26(48)15-29(45(24,6)23(22)11-12-44(25,30)5)63-43-40(37(55)32(50)21(4)61-43)64-42-39(57)35(53)31(49)20(3)60-42/h19-43,47-57H,1,8-17H2,2-7H3/t19-,20-,21+,22+,23-,24-,25-,26-,27-,28+,29+,30-,31-,32-,33-,34+,35+,36-,37-,38+,39+,40+,41+,42-,43-,44-,45+,46?/m0/s1. The average molecular weight is 933 g/mol. The predicted octanol–water partition coefficient (Wildman–Crippen LogP) is -1.21. The fourth-order valence-electron chi connectivity index (χ4n) is 14.3. The maximum Gasteiger partial charge on any atom is 0.187 e. The number of ether oxygens (including phenoxy) is 8. The van der Waals surface area contributed by atoms with Crippen LogP contribution >= 0.6 is 0 Å². The molecule has 0 aromatic carbocycles. The van der Waals surface area contributed by atoms with Crippen LogP contribution < -0.4 is 0 Å². The number of methoxy groups -OCH3 is 1. The third-order valence-electron chi connectivity index (χ3n) is 18.1. The van der Waals surface area contributed by atoms with Crippen LogP contribution in [0.4, 0.5) is 0 Å². The number of aliphatic hydroxyl groups is 11. The van der Waals surface area contributed by atoms with Crippen molar-refractivity contribution >= 4 is 0 Å².